The van der Waals surface area contributed by atoms with Crippen molar-refractivity contribution in [3.05, 3.63) is 64.5 Å². The van der Waals surface area contributed by atoms with Gasteiger partial charge in [0.05, 0.1) is 12.0 Å². The monoisotopic (exact) mass is 412 g/mol. The van der Waals surface area contributed by atoms with Crippen molar-refractivity contribution in [1.82, 2.24) is 0 Å². The minimum atomic E-state index is -0.820. The molecule has 2 aromatic carbocycles. The van der Waals surface area contributed by atoms with Crippen LogP contribution in [0.4, 0.5) is 0 Å². The van der Waals surface area contributed by atoms with E-state index in [1.807, 2.05) is 31.2 Å². The van der Waals surface area contributed by atoms with Gasteiger partial charge >= 0.3 is 5.97 Å². The molecule has 3 rings (SSSR count). The lowest BCUT2D eigenvalue weighted by molar-refractivity contribution is -0.152. The van der Waals surface area contributed by atoms with Gasteiger partial charge in [-0.1, -0.05) is 25.1 Å². The number of rotatable bonds is 9. The molecule has 158 valence electrons. The Morgan fingerprint density at radius 3 is 2.67 bits per heavy atom. The molecule has 0 radical (unpaired) electrons. The third kappa shape index (κ3) is 4.99. The number of fused-ring (bicyclic) bond motifs is 1. The number of aryl methyl sites for hydroxylation is 1. The van der Waals surface area contributed by atoms with E-state index in [0.717, 1.165) is 12.0 Å². The van der Waals surface area contributed by atoms with E-state index in [4.69, 9.17) is 23.4 Å². The quantitative estimate of drug-likeness (QED) is 0.386. The van der Waals surface area contributed by atoms with Crippen LogP contribution in [0.3, 0.4) is 0 Å². The molecule has 0 aliphatic rings. The summed E-state index contributed by atoms with van der Waals surface area (Å²) in [5.74, 6) is 0.596. The van der Waals surface area contributed by atoms with Crippen LogP contribution in [-0.4, -0.2) is 32.4 Å². The van der Waals surface area contributed by atoms with Crippen LogP contribution in [0.1, 0.15) is 19.4 Å². The highest BCUT2D eigenvalue weighted by Crippen LogP contribution is 2.26. The summed E-state index contributed by atoms with van der Waals surface area (Å²) >= 11 is 0. The summed E-state index contributed by atoms with van der Waals surface area (Å²) in [6.45, 7) is 4.06. The minimum absolute atomic E-state index is 0.104. The fourth-order valence-corrected chi connectivity index (χ4v) is 2.84. The molecule has 0 saturated carbocycles. The van der Waals surface area contributed by atoms with Gasteiger partial charge in [-0.3, -0.25) is 4.79 Å². The number of carbonyl (C=O) groups excluding carboxylic acids is 1. The van der Waals surface area contributed by atoms with E-state index in [9.17, 15) is 9.59 Å². The van der Waals surface area contributed by atoms with Crippen molar-refractivity contribution in [2.24, 2.45) is 0 Å². The maximum absolute atomic E-state index is 12.8. The minimum Gasteiger partial charge on any atom is -0.479 e. The maximum Gasteiger partial charge on any atom is 0.347 e. The zero-order valence-electron chi connectivity index (χ0n) is 17.2. The van der Waals surface area contributed by atoms with Crippen LogP contribution in [-0.2, 0) is 20.7 Å². The first kappa shape index (κ1) is 21.4. The zero-order valence-corrected chi connectivity index (χ0v) is 17.2. The summed E-state index contributed by atoms with van der Waals surface area (Å²) in [5.41, 5.74) is 1.03. The molecule has 0 fully saturated rings. The van der Waals surface area contributed by atoms with Gasteiger partial charge in [0.1, 0.15) is 30.0 Å². The normalized spacial score (nSPS) is 11.8. The molecule has 0 aliphatic heterocycles. The van der Waals surface area contributed by atoms with Gasteiger partial charge in [-0.15, -0.1) is 0 Å². The highest BCUT2D eigenvalue weighted by atomic mass is 16.6. The second-order valence-corrected chi connectivity index (χ2v) is 6.57. The van der Waals surface area contributed by atoms with Gasteiger partial charge in [-0.2, -0.15) is 0 Å². The Morgan fingerprint density at radius 2 is 1.90 bits per heavy atom. The van der Waals surface area contributed by atoms with Crippen molar-refractivity contribution in [3.63, 3.8) is 0 Å². The highest BCUT2D eigenvalue weighted by molar-refractivity contribution is 5.79. The number of benzene rings is 2. The molecule has 0 saturated heterocycles. The molecule has 7 heteroatoms. The summed E-state index contributed by atoms with van der Waals surface area (Å²) in [7, 11) is 1.52. The number of hydrogen-bond acceptors (Lipinski definition) is 7. The second kappa shape index (κ2) is 9.93. The van der Waals surface area contributed by atoms with Crippen molar-refractivity contribution in [2.45, 2.75) is 26.4 Å². The molecule has 1 unspecified atom stereocenters. The number of carbonyl (C=O) groups is 1. The molecule has 3 aromatic rings. The molecule has 0 spiro atoms. The predicted octanol–water partition coefficient (Wildman–Crippen LogP) is 4.10. The fourth-order valence-electron chi connectivity index (χ4n) is 2.84. The summed E-state index contributed by atoms with van der Waals surface area (Å²) in [5, 5.41) is 0.351. The molecular weight excluding hydrogens is 388 g/mol. The highest BCUT2D eigenvalue weighted by Gasteiger charge is 2.17. The summed E-state index contributed by atoms with van der Waals surface area (Å²) in [4.78, 5) is 24.7. The Hall–Kier alpha value is -3.32. The molecule has 1 aromatic heterocycles. The first-order valence-corrected chi connectivity index (χ1v) is 9.67. The molecule has 1 atom stereocenters. The maximum atomic E-state index is 12.8. The van der Waals surface area contributed by atoms with Crippen LogP contribution in [0.15, 0.2) is 57.9 Å². The van der Waals surface area contributed by atoms with Crippen LogP contribution in [0.2, 0.25) is 0 Å². The van der Waals surface area contributed by atoms with Gasteiger partial charge in [-0.05, 0) is 37.1 Å². The van der Waals surface area contributed by atoms with Gasteiger partial charge in [0.15, 0.2) is 6.10 Å². The van der Waals surface area contributed by atoms with Crippen LogP contribution in [0, 0.1) is 0 Å². The lowest BCUT2D eigenvalue weighted by Crippen LogP contribution is -2.27. The first-order chi connectivity index (χ1) is 14.5. The molecule has 0 N–H and O–H groups in total. The summed E-state index contributed by atoms with van der Waals surface area (Å²) in [6, 6.07) is 12.3. The molecule has 0 amide bonds. The Balaban J connectivity index is 1.77. The number of hydrogen-bond donors (Lipinski definition) is 0. The Kier molecular flexibility index (Phi) is 7.08. The first-order valence-electron chi connectivity index (χ1n) is 9.67. The number of para-hydroxylation sites is 1. The summed E-state index contributed by atoms with van der Waals surface area (Å²) < 4.78 is 26.9. The molecule has 1 heterocycles. The average molecular weight is 412 g/mol. The van der Waals surface area contributed by atoms with Gasteiger partial charge in [0.2, 0.25) is 11.2 Å². The van der Waals surface area contributed by atoms with E-state index in [1.54, 1.807) is 25.1 Å². The molecule has 7 nitrogen and oxygen atoms in total. The van der Waals surface area contributed by atoms with E-state index in [2.05, 4.69) is 0 Å². The topological polar surface area (TPSA) is 84.2 Å². The van der Waals surface area contributed by atoms with Crippen LogP contribution < -0.4 is 14.9 Å². The lowest BCUT2D eigenvalue weighted by atomic mass is 10.1. The van der Waals surface area contributed by atoms with Crippen molar-refractivity contribution in [1.29, 1.82) is 0 Å². The van der Waals surface area contributed by atoms with Crippen molar-refractivity contribution >= 4 is 16.9 Å². The lowest BCUT2D eigenvalue weighted by Gasteiger charge is -2.14. The third-order valence-electron chi connectivity index (χ3n) is 4.46. The van der Waals surface area contributed by atoms with Crippen LogP contribution in [0.25, 0.3) is 11.0 Å². The van der Waals surface area contributed by atoms with E-state index in [0.29, 0.717) is 29.1 Å². The molecule has 30 heavy (non-hydrogen) atoms. The predicted molar refractivity (Wildman–Crippen MR) is 111 cm³/mol. The van der Waals surface area contributed by atoms with E-state index in [1.165, 1.54) is 13.4 Å². The Morgan fingerprint density at radius 1 is 1.10 bits per heavy atom. The number of ether oxygens (including phenoxy) is 4. The molecule has 0 aliphatic carbocycles. The summed E-state index contributed by atoms with van der Waals surface area (Å²) in [6.07, 6.45) is 1.24. The van der Waals surface area contributed by atoms with E-state index >= 15 is 0 Å². The van der Waals surface area contributed by atoms with Crippen molar-refractivity contribution in [2.75, 3.05) is 20.3 Å². The average Bonchev–Trinajstić information content (AvgIpc) is 2.76. The fraction of sp³-hybridized carbons (Fsp3) is 0.304. The number of methoxy groups -OCH3 is 1. The number of esters is 1. The van der Waals surface area contributed by atoms with E-state index in [-0.39, 0.29) is 17.8 Å². The van der Waals surface area contributed by atoms with E-state index < -0.39 is 12.1 Å². The second-order valence-electron chi connectivity index (χ2n) is 6.57. The third-order valence-corrected chi connectivity index (χ3v) is 4.46. The van der Waals surface area contributed by atoms with Gasteiger partial charge in [0.25, 0.3) is 0 Å². The van der Waals surface area contributed by atoms with Crippen molar-refractivity contribution in [3.8, 4) is 17.2 Å². The van der Waals surface area contributed by atoms with Crippen LogP contribution >= 0.6 is 0 Å². The Labute approximate surface area is 174 Å². The SMILES string of the molecule is CCc1ccccc1Oc1coc2cc(OC(C)C(=O)OCCOC)ccc2c1=O. The molecule has 0 bridgehead atoms. The van der Waals surface area contributed by atoms with Crippen molar-refractivity contribution < 1.29 is 28.2 Å². The smallest absolute Gasteiger partial charge is 0.347 e. The van der Waals surface area contributed by atoms with Gasteiger partial charge in [0, 0.05) is 13.2 Å². The van der Waals surface area contributed by atoms with Gasteiger partial charge in [-0.25, -0.2) is 4.79 Å². The molecular formula is C23H24O7. The van der Waals surface area contributed by atoms with Gasteiger partial charge < -0.3 is 23.4 Å². The van der Waals surface area contributed by atoms with Crippen LogP contribution in [0.5, 0.6) is 17.2 Å². The Bertz CT molecular complexity index is 1070. The standard InChI is InChI=1S/C23H24O7/c1-4-16-7-5-6-8-19(16)30-21-14-28-20-13-17(9-10-18(20)22(21)24)29-15(2)23(25)27-12-11-26-3/h5-10,13-15H,4,11-12H2,1-3H3. The largest absolute Gasteiger partial charge is 0.479 e. The zero-order chi connectivity index (χ0) is 21.5.